The number of aromatic nitrogens is 1. The number of thiazole rings is 1. The fourth-order valence-electron chi connectivity index (χ4n) is 1.44. The Morgan fingerprint density at radius 3 is 3.12 bits per heavy atom. The predicted octanol–water partition coefficient (Wildman–Crippen LogP) is 3.22. The summed E-state index contributed by atoms with van der Waals surface area (Å²) in [4.78, 5) is 17.9. The number of carbonyl (C=O) groups excluding carboxylic acids is 1. The van der Waals surface area contributed by atoms with Crippen LogP contribution < -0.4 is 0 Å². The van der Waals surface area contributed by atoms with E-state index in [2.05, 4.69) is 9.98 Å². The van der Waals surface area contributed by atoms with Crippen LogP contribution in [0.25, 0.3) is 0 Å². The molecular formula is C12H9ClN2OS. The van der Waals surface area contributed by atoms with Gasteiger partial charge in [-0.1, -0.05) is 23.7 Å². The lowest BCUT2D eigenvalue weighted by molar-refractivity contribution is 0.562. The van der Waals surface area contributed by atoms with Crippen LogP contribution in [0.4, 0.5) is 0 Å². The molecular weight excluding hydrogens is 256 g/mol. The molecule has 0 bridgehead atoms. The third kappa shape index (κ3) is 3.49. The number of hydrogen-bond acceptors (Lipinski definition) is 4. The molecule has 0 radical (unpaired) electrons. The average molecular weight is 265 g/mol. The lowest BCUT2D eigenvalue weighted by Crippen LogP contribution is -1.88. The molecule has 2 rings (SSSR count). The van der Waals surface area contributed by atoms with Gasteiger partial charge in [0.2, 0.25) is 6.08 Å². The molecule has 0 spiro atoms. The lowest BCUT2D eigenvalue weighted by Gasteiger charge is -1.98. The molecule has 0 fully saturated rings. The maximum atomic E-state index is 9.98. The molecule has 3 nitrogen and oxygen atoms in total. The molecule has 0 unspecified atom stereocenters. The Morgan fingerprint density at radius 2 is 2.35 bits per heavy atom. The summed E-state index contributed by atoms with van der Waals surface area (Å²) in [5.74, 6) is 0. The van der Waals surface area contributed by atoms with Gasteiger partial charge < -0.3 is 0 Å². The number of aliphatic imine (C=N–C) groups is 1. The van der Waals surface area contributed by atoms with Gasteiger partial charge in [-0.15, -0.1) is 11.3 Å². The Hall–Kier alpha value is -1.48. The minimum atomic E-state index is 0.301. The molecule has 0 aliphatic heterocycles. The molecule has 0 saturated heterocycles. The standard InChI is InChI=1S/C12H9ClN2OS/c13-10-3-1-2-9(4-10)5-12-15-11(7-17-12)6-14-8-16/h1-4,7H,5-6H2. The van der Waals surface area contributed by atoms with E-state index in [1.165, 1.54) is 6.08 Å². The minimum Gasteiger partial charge on any atom is -0.244 e. The second-order valence-electron chi connectivity index (χ2n) is 3.45. The van der Waals surface area contributed by atoms with Crippen molar-refractivity contribution in [2.24, 2.45) is 4.99 Å². The molecule has 1 aromatic carbocycles. The van der Waals surface area contributed by atoms with Crippen molar-refractivity contribution in [2.45, 2.75) is 13.0 Å². The van der Waals surface area contributed by atoms with Crippen LogP contribution >= 0.6 is 22.9 Å². The SMILES string of the molecule is O=C=NCc1csc(Cc2cccc(Cl)c2)n1. The molecule has 0 saturated carbocycles. The molecule has 0 amide bonds. The van der Waals surface area contributed by atoms with Gasteiger partial charge >= 0.3 is 0 Å². The van der Waals surface area contributed by atoms with E-state index >= 15 is 0 Å². The van der Waals surface area contributed by atoms with Crippen LogP contribution in [0.3, 0.4) is 0 Å². The molecule has 5 heteroatoms. The van der Waals surface area contributed by atoms with Gasteiger partial charge in [0, 0.05) is 16.8 Å². The highest BCUT2D eigenvalue weighted by molar-refractivity contribution is 7.09. The topological polar surface area (TPSA) is 42.3 Å². The van der Waals surface area contributed by atoms with Crippen molar-refractivity contribution in [3.63, 3.8) is 0 Å². The second kappa shape index (κ2) is 5.73. The molecule has 0 aliphatic rings. The van der Waals surface area contributed by atoms with Gasteiger partial charge in [-0.3, -0.25) is 0 Å². The van der Waals surface area contributed by atoms with E-state index < -0.39 is 0 Å². The number of isocyanates is 1. The first-order valence-corrected chi connectivity index (χ1v) is 6.25. The first-order valence-electron chi connectivity index (χ1n) is 4.99. The van der Waals surface area contributed by atoms with Gasteiger partial charge in [0.05, 0.1) is 17.2 Å². The Morgan fingerprint density at radius 1 is 1.47 bits per heavy atom. The van der Waals surface area contributed by atoms with Crippen molar-refractivity contribution in [3.05, 3.63) is 50.9 Å². The molecule has 0 atom stereocenters. The summed E-state index contributed by atoms with van der Waals surface area (Å²) in [5.41, 5.74) is 1.92. The quantitative estimate of drug-likeness (QED) is 0.629. The van der Waals surface area contributed by atoms with E-state index in [4.69, 9.17) is 11.6 Å². The van der Waals surface area contributed by atoms with Crippen LogP contribution in [0, 0.1) is 0 Å². The third-order valence-electron chi connectivity index (χ3n) is 2.15. The molecule has 0 aliphatic carbocycles. The summed E-state index contributed by atoms with van der Waals surface area (Å²) in [6, 6.07) is 7.70. The average Bonchev–Trinajstić information content (AvgIpc) is 2.74. The highest BCUT2D eigenvalue weighted by atomic mass is 35.5. The predicted molar refractivity (Wildman–Crippen MR) is 68.2 cm³/mol. The fourth-order valence-corrected chi connectivity index (χ4v) is 2.47. The zero-order valence-electron chi connectivity index (χ0n) is 8.89. The Labute approximate surface area is 108 Å². The maximum absolute atomic E-state index is 9.98. The molecule has 2 aromatic rings. The van der Waals surface area contributed by atoms with Crippen LogP contribution in [-0.2, 0) is 17.8 Å². The van der Waals surface area contributed by atoms with Crippen molar-refractivity contribution in [3.8, 4) is 0 Å². The molecule has 0 N–H and O–H groups in total. The van der Waals surface area contributed by atoms with Gasteiger partial charge in [0.15, 0.2) is 0 Å². The van der Waals surface area contributed by atoms with E-state index in [-0.39, 0.29) is 0 Å². The van der Waals surface area contributed by atoms with Gasteiger partial charge in [-0.25, -0.2) is 9.78 Å². The molecule has 1 heterocycles. The van der Waals surface area contributed by atoms with Gasteiger partial charge in [-0.05, 0) is 17.7 Å². The van der Waals surface area contributed by atoms with E-state index in [0.717, 1.165) is 27.7 Å². The van der Waals surface area contributed by atoms with E-state index in [1.807, 2.05) is 29.6 Å². The summed E-state index contributed by atoms with van der Waals surface area (Å²) in [6.07, 6.45) is 2.25. The van der Waals surface area contributed by atoms with Crippen molar-refractivity contribution < 1.29 is 4.79 Å². The van der Waals surface area contributed by atoms with E-state index in [9.17, 15) is 4.79 Å². The second-order valence-corrected chi connectivity index (χ2v) is 4.83. The van der Waals surface area contributed by atoms with Crippen LogP contribution in [0.15, 0.2) is 34.6 Å². The number of hydrogen-bond donors (Lipinski definition) is 0. The summed E-state index contributed by atoms with van der Waals surface area (Å²) in [5, 5.41) is 3.62. The number of nitrogens with zero attached hydrogens (tertiary/aromatic N) is 2. The minimum absolute atomic E-state index is 0.301. The van der Waals surface area contributed by atoms with Crippen molar-refractivity contribution in [2.75, 3.05) is 0 Å². The van der Waals surface area contributed by atoms with E-state index in [0.29, 0.717) is 6.54 Å². The lowest BCUT2D eigenvalue weighted by atomic mass is 10.2. The highest BCUT2D eigenvalue weighted by Gasteiger charge is 2.03. The van der Waals surface area contributed by atoms with Crippen LogP contribution in [0.2, 0.25) is 5.02 Å². The van der Waals surface area contributed by atoms with Crippen LogP contribution in [0.1, 0.15) is 16.3 Å². The highest BCUT2D eigenvalue weighted by Crippen LogP contribution is 2.17. The maximum Gasteiger partial charge on any atom is 0.235 e. The third-order valence-corrected chi connectivity index (χ3v) is 3.28. The Balaban J connectivity index is 2.08. The van der Waals surface area contributed by atoms with Crippen LogP contribution in [-0.4, -0.2) is 11.1 Å². The van der Waals surface area contributed by atoms with Crippen molar-refractivity contribution in [1.29, 1.82) is 0 Å². The van der Waals surface area contributed by atoms with Gasteiger partial charge in [0.25, 0.3) is 0 Å². The van der Waals surface area contributed by atoms with Crippen molar-refractivity contribution in [1.82, 2.24) is 4.98 Å². The molecule has 1 aromatic heterocycles. The summed E-state index contributed by atoms with van der Waals surface area (Å²) >= 11 is 7.47. The number of rotatable bonds is 4. The summed E-state index contributed by atoms with van der Waals surface area (Å²) < 4.78 is 0. The summed E-state index contributed by atoms with van der Waals surface area (Å²) in [7, 11) is 0. The Kier molecular flexibility index (Phi) is 4.04. The van der Waals surface area contributed by atoms with Crippen molar-refractivity contribution >= 4 is 29.0 Å². The first-order chi connectivity index (χ1) is 8.28. The largest absolute Gasteiger partial charge is 0.244 e. The smallest absolute Gasteiger partial charge is 0.235 e. The zero-order valence-corrected chi connectivity index (χ0v) is 10.5. The van der Waals surface area contributed by atoms with Gasteiger partial charge in [-0.2, -0.15) is 4.99 Å². The van der Waals surface area contributed by atoms with Crippen LogP contribution in [0.5, 0.6) is 0 Å². The summed E-state index contributed by atoms with van der Waals surface area (Å²) in [6.45, 7) is 0.301. The molecule has 17 heavy (non-hydrogen) atoms. The monoisotopic (exact) mass is 264 g/mol. The Bertz CT molecular complexity index is 561. The normalized spacial score (nSPS) is 9.94. The number of halogens is 1. The first kappa shape index (κ1) is 12.0. The van der Waals surface area contributed by atoms with E-state index in [1.54, 1.807) is 11.3 Å². The van der Waals surface area contributed by atoms with Gasteiger partial charge in [0.1, 0.15) is 0 Å². The number of benzene rings is 1. The fraction of sp³-hybridized carbons (Fsp3) is 0.167. The zero-order chi connectivity index (χ0) is 12.1. The molecule has 86 valence electrons.